The molecule has 9 aromatic rings. The highest BCUT2D eigenvalue weighted by atomic mass is 19.4. The van der Waals surface area contributed by atoms with E-state index in [1.807, 2.05) is 68.4 Å². The van der Waals surface area contributed by atoms with Crippen LogP contribution in [-0.2, 0) is 64.9 Å². The van der Waals surface area contributed by atoms with Gasteiger partial charge in [-0.3, -0.25) is 14.4 Å². The molecule has 0 aliphatic carbocycles. The average molecular weight is 1570 g/mol. The van der Waals surface area contributed by atoms with Gasteiger partial charge in [-0.05, 0) is 252 Å². The van der Waals surface area contributed by atoms with Crippen molar-refractivity contribution < 1.29 is 80.2 Å². The van der Waals surface area contributed by atoms with Gasteiger partial charge in [0, 0.05) is 61.0 Å². The summed E-state index contributed by atoms with van der Waals surface area (Å²) in [6.07, 6.45) is -20.6. The summed E-state index contributed by atoms with van der Waals surface area (Å²) in [6.45, 7) is 22.4. The number of nitriles is 2. The van der Waals surface area contributed by atoms with Crippen molar-refractivity contribution in [2.24, 2.45) is 23.7 Å². The standard InChI is InChI=1S/C33H37F3N2O.C29H26F9NO.C28H27F3N2O/c1-22(2)14-15-38(21-26-8-6-25(20-37)7-9-26)31-18-28(27-10-12-30(13-11-27)33(34,35)36)17-29(19-31)32(24(5)39)16-23(3)4;1-16(2)8-26(17(3)40)21-11-20(19-4-6-22(7-5-19)27(30,31)32)12-25(13-21)39-15-18-9-23(28(33,34)35)14-24(10-18)29(36,37)38;1-18(2)12-27(19(3)34)24-13-23(22-8-10-25(11-9-22)28(29,30)31)14-26(15-24)33-17-21-6-4-20(16-32)5-7-21/h6-13,17-19,22-23,32H,14-16,21H2,1-5H3;4-7,9-14,16,26,39H,8,15H2,1-3H3;4-11,13-15,18,27,33H,12,17H2,1-3H3/t32-;26-;27-/m000/s1. The fourth-order valence-electron chi connectivity index (χ4n) is 12.9. The zero-order chi connectivity index (χ0) is 83.7. The van der Waals surface area contributed by atoms with E-state index in [-0.39, 0.29) is 52.4 Å². The van der Waals surface area contributed by atoms with Crippen LogP contribution in [0, 0.1) is 46.3 Å². The van der Waals surface area contributed by atoms with Crippen LogP contribution in [0.15, 0.2) is 194 Å². The number of alkyl halides is 15. The number of Topliss-reactive ketones (excluding diaryl/α,β-unsaturated/α-hetero) is 3. The molecule has 0 bridgehead atoms. The van der Waals surface area contributed by atoms with Crippen LogP contribution in [0.5, 0.6) is 0 Å². The molecule has 0 fully saturated rings. The van der Waals surface area contributed by atoms with E-state index in [0.717, 1.165) is 94.1 Å². The SMILES string of the molecule is CC(=O)[C@H](CC(C)C)c1cc(-c2ccc(C(F)(F)F)cc2)cc(N(CCC(C)C)Cc2ccc(C#N)cc2)c1.CC(=O)[C@H](CC(C)C)c1cc(NCc2cc(C(F)(F)F)cc(C(F)(F)F)c2)cc(-c2ccc(C(F)(F)F)cc2)c1.CC(=O)[C@H](CC(C)C)c1cc(NCc2ccc(C#N)cc2)cc(-c2ccc(C(F)(F)F)cc2)c1. The zero-order valence-electron chi connectivity index (χ0n) is 64.4. The first-order valence-corrected chi connectivity index (χ1v) is 36.8. The third-order valence-electron chi connectivity index (χ3n) is 18.8. The molecule has 0 saturated heterocycles. The highest BCUT2D eigenvalue weighted by molar-refractivity contribution is 5.87. The van der Waals surface area contributed by atoms with Crippen LogP contribution in [-0.4, -0.2) is 23.9 Å². The first-order chi connectivity index (χ1) is 52.8. The monoisotopic (exact) mass is 1570 g/mol. The Labute approximate surface area is 650 Å². The van der Waals surface area contributed by atoms with E-state index in [2.05, 4.69) is 75.3 Å². The van der Waals surface area contributed by atoms with Gasteiger partial charge in [-0.1, -0.05) is 134 Å². The molecule has 0 unspecified atom stereocenters. The van der Waals surface area contributed by atoms with E-state index in [9.17, 15) is 85.5 Å². The molecule has 8 nitrogen and oxygen atoms in total. The molecule has 0 aliphatic rings. The Kier molecular flexibility index (Phi) is 30.7. The Balaban J connectivity index is 0.000000236. The molecule has 3 atom stereocenters. The van der Waals surface area contributed by atoms with Crippen molar-refractivity contribution in [2.75, 3.05) is 22.1 Å². The van der Waals surface area contributed by atoms with E-state index < -0.39 is 71.2 Å². The number of nitrogens with zero attached hydrogens (tertiary/aromatic N) is 3. The second-order valence-corrected chi connectivity index (χ2v) is 29.9. The van der Waals surface area contributed by atoms with Crippen LogP contribution in [0.25, 0.3) is 33.4 Å². The lowest BCUT2D eigenvalue weighted by molar-refractivity contribution is -0.143. The maximum absolute atomic E-state index is 13.3. The van der Waals surface area contributed by atoms with Crippen molar-refractivity contribution in [3.05, 3.63) is 266 Å². The summed E-state index contributed by atoms with van der Waals surface area (Å²) in [4.78, 5) is 40.0. The largest absolute Gasteiger partial charge is 0.416 e. The van der Waals surface area contributed by atoms with Crippen molar-refractivity contribution >= 4 is 34.4 Å². The van der Waals surface area contributed by atoms with Gasteiger partial charge in [-0.25, -0.2) is 0 Å². The predicted molar refractivity (Wildman–Crippen MR) is 413 cm³/mol. The molecule has 0 radical (unpaired) electrons. The van der Waals surface area contributed by atoms with Gasteiger partial charge in [-0.15, -0.1) is 0 Å². The third-order valence-corrected chi connectivity index (χ3v) is 18.8. The van der Waals surface area contributed by atoms with Crippen LogP contribution in [0.1, 0.15) is 192 Å². The van der Waals surface area contributed by atoms with Gasteiger partial charge in [0.1, 0.15) is 17.3 Å². The second kappa shape index (κ2) is 38.7. The molecular formula is C90H90F15N5O3. The quantitative estimate of drug-likeness (QED) is 0.0488. The Morgan fingerprint density at radius 3 is 0.956 bits per heavy atom. The van der Waals surface area contributed by atoms with Gasteiger partial charge in [0.25, 0.3) is 0 Å². The molecule has 9 aromatic carbocycles. The Morgan fingerprint density at radius 1 is 0.345 bits per heavy atom. The second-order valence-electron chi connectivity index (χ2n) is 29.9. The van der Waals surface area contributed by atoms with Gasteiger partial charge >= 0.3 is 30.9 Å². The average Bonchev–Trinajstić information content (AvgIpc) is 0.808. The molecule has 0 spiro atoms. The molecule has 23 heteroatoms. The number of nitrogens with one attached hydrogen (secondary N) is 2. The fraction of sp³-hybridized carbons (Fsp3) is 0.344. The topological polar surface area (TPSA) is 126 Å². The van der Waals surface area contributed by atoms with Gasteiger partial charge < -0.3 is 15.5 Å². The van der Waals surface area contributed by atoms with Gasteiger partial charge in [-0.2, -0.15) is 76.4 Å². The fourth-order valence-corrected chi connectivity index (χ4v) is 12.9. The summed E-state index contributed by atoms with van der Waals surface area (Å²) >= 11 is 0. The molecule has 598 valence electrons. The summed E-state index contributed by atoms with van der Waals surface area (Å²) in [5.41, 5.74) is 5.56. The minimum Gasteiger partial charge on any atom is -0.381 e. The van der Waals surface area contributed by atoms with Crippen LogP contribution in [0.4, 0.5) is 82.9 Å². The third kappa shape index (κ3) is 27.0. The number of ketones is 3. The number of hydrogen-bond acceptors (Lipinski definition) is 8. The van der Waals surface area contributed by atoms with Crippen LogP contribution >= 0.6 is 0 Å². The first kappa shape index (κ1) is 89.5. The van der Waals surface area contributed by atoms with Crippen molar-refractivity contribution in [1.82, 2.24) is 0 Å². The molecular weight excluding hydrogens is 1480 g/mol. The highest BCUT2D eigenvalue weighted by Crippen LogP contribution is 2.42. The summed E-state index contributed by atoms with van der Waals surface area (Å²) in [5.74, 6) is -0.0622. The van der Waals surface area contributed by atoms with Crippen molar-refractivity contribution in [3.63, 3.8) is 0 Å². The smallest absolute Gasteiger partial charge is 0.381 e. The van der Waals surface area contributed by atoms with E-state index in [1.54, 1.807) is 50.2 Å². The highest BCUT2D eigenvalue weighted by Gasteiger charge is 2.38. The number of rotatable bonds is 27. The zero-order valence-corrected chi connectivity index (χ0v) is 64.4. The van der Waals surface area contributed by atoms with Crippen LogP contribution in [0.2, 0.25) is 0 Å². The van der Waals surface area contributed by atoms with E-state index in [1.165, 1.54) is 49.4 Å². The Morgan fingerprint density at radius 2 is 0.655 bits per heavy atom. The molecule has 0 saturated carbocycles. The lowest BCUT2D eigenvalue weighted by Crippen LogP contribution is -2.25. The van der Waals surface area contributed by atoms with Crippen molar-refractivity contribution in [2.45, 2.75) is 170 Å². The first-order valence-electron chi connectivity index (χ1n) is 36.8. The summed E-state index contributed by atoms with van der Waals surface area (Å²) in [5, 5.41) is 24.3. The normalized spacial score (nSPS) is 12.7. The summed E-state index contributed by atoms with van der Waals surface area (Å²) in [7, 11) is 0. The van der Waals surface area contributed by atoms with Crippen LogP contribution < -0.4 is 15.5 Å². The molecule has 9 rings (SSSR count). The van der Waals surface area contributed by atoms with Crippen molar-refractivity contribution in [1.29, 1.82) is 10.5 Å². The summed E-state index contributed by atoms with van der Waals surface area (Å²) in [6, 6.07) is 51.2. The minimum absolute atomic E-state index is 0.0379. The number of carbonyl (C=O) groups excluding carboxylic acids is 3. The molecule has 0 amide bonds. The lowest BCUT2D eigenvalue weighted by atomic mass is 9.85. The molecule has 0 aliphatic heterocycles. The number of benzene rings is 9. The number of halogens is 15. The number of hydrogen-bond donors (Lipinski definition) is 2. The van der Waals surface area contributed by atoms with Crippen LogP contribution in [0.3, 0.4) is 0 Å². The molecule has 113 heavy (non-hydrogen) atoms. The molecule has 0 heterocycles. The van der Waals surface area contributed by atoms with Gasteiger partial charge in [0.2, 0.25) is 0 Å². The minimum atomic E-state index is -5.00. The molecule has 2 N–H and O–H groups in total. The number of anilines is 3. The van der Waals surface area contributed by atoms with E-state index in [0.29, 0.717) is 101 Å². The Bertz CT molecular complexity index is 4730. The van der Waals surface area contributed by atoms with Crippen molar-refractivity contribution in [3.8, 4) is 45.5 Å². The maximum atomic E-state index is 13.3. The van der Waals surface area contributed by atoms with E-state index in [4.69, 9.17) is 5.26 Å². The Hall–Kier alpha value is -10.7. The van der Waals surface area contributed by atoms with Gasteiger partial charge in [0.15, 0.2) is 0 Å². The number of carbonyl (C=O) groups is 3. The van der Waals surface area contributed by atoms with Gasteiger partial charge in [0.05, 0.1) is 51.1 Å². The summed E-state index contributed by atoms with van der Waals surface area (Å²) < 4.78 is 197. The molecule has 0 aromatic heterocycles. The maximum Gasteiger partial charge on any atom is 0.416 e. The predicted octanol–water partition coefficient (Wildman–Crippen LogP) is 26.3. The van der Waals surface area contributed by atoms with E-state index >= 15 is 0 Å². The lowest BCUT2D eigenvalue weighted by Gasteiger charge is -2.28.